The molecule has 148 valence electrons. The summed E-state index contributed by atoms with van der Waals surface area (Å²) in [7, 11) is 3.25. The predicted octanol–water partition coefficient (Wildman–Crippen LogP) is 4.39. The van der Waals surface area contributed by atoms with Crippen LogP contribution in [0.2, 0.25) is 0 Å². The molecule has 0 fully saturated rings. The normalized spacial score (nSPS) is 12.2. The average Bonchev–Trinajstić information content (AvgIpc) is 2.78. The molecule has 1 heterocycles. The van der Waals surface area contributed by atoms with Crippen molar-refractivity contribution in [3.8, 4) is 34.1 Å². The SMILES string of the molecule is COc1ccc(-c2cc(NC(=O)c3ccc4c(c3)OCCO4)ccc2OC)cc1. The van der Waals surface area contributed by atoms with Gasteiger partial charge >= 0.3 is 0 Å². The van der Waals surface area contributed by atoms with Gasteiger partial charge in [-0.05, 0) is 54.1 Å². The van der Waals surface area contributed by atoms with Gasteiger partial charge < -0.3 is 24.3 Å². The monoisotopic (exact) mass is 391 g/mol. The van der Waals surface area contributed by atoms with Crippen LogP contribution in [0.5, 0.6) is 23.0 Å². The highest BCUT2D eigenvalue weighted by atomic mass is 16.6. The Kier molecular flexibility index (Phi) is 5.24. The zero-order valence-electron chi connectivity index (χ0n) is 16.2. The summed E-state index contributed by atoms with van der Waals surface area (Å²) in [4.78, 5) is 12.7. The van der Waals surface area contributed by atoms with E-state index in [4.69, 9.17) is 18.9 Å². The number of benzene rings is 3. The molecule has 6 nitrogen and oxygen atoms in total. The maximum Gasteiger partial charge on any atom is 0.255 e. The highest BCUT2D eigenvalue weighted by Gasteiger charge is 2.16. The van der Waals surface area contributed by atoms with E-state index in [0.717, 1.165) is 16.9 Å². The molecular weight excluding hydrogens is 370 g/mol. The molecule has 1 aliphatic heterocycles. The van der Waals surface area contributed by atoms with E-state index < -0.39 is 0 Å². The van der Waals surface area contributed by atoms with E-state index in [2.05, 4.69) is 5.32 Å². The van der Waals surface area contributed by atoms with Crippen molar-refractivity contribution in [2.45, 2.75) is 0 Å². The van der Waals surface area contributed by atoms with E-state index >= 15 is 0 Å². The van der Waals surface area contributed by atoms with E-state index in [1.165, 1.54) is 0 Å². The zero-order chi connectivity index (χ0) is 20.2. The number of rotatable bonds is 5. The second kappa shape index (κ2) is 8.14. The number of amides is 1. The highest BCUT2D eigenvalue weighted by molar-refractivity contribution is 6.05. The summed E-state index contributed by atoms with van der Waals surface area (Å²) >= 11 is 0. The molecule has 29 heavy (non-hydrogen) atoms. The van der Waals surface area contributed by atoms with Crippen molar-refractivity contribution < 1.29 is 23.7 Å². The standard InChI is InChI=1S/C23H21NO5/c1-26-18-7-3-15(4-8-18)19-14-17(6-10-20(19)27-2)24-23(25)16-5-9-21-22(13-16)29-12-11-28-21/h3-10,13-14H,11-12H2,1-2H3,(H,24,25). The molecule has 6 heteroatoms. The molecule has 4 rings (SSSR count). The molecule has 3 aromatic rings. The molecule has 0 saturated carbocycles. The quantitative estimate of drug-likeness (QED) is 0.699. The van der Waals surface area contributed by atoms with Crippen LogP contribution in [-0.4, -0.2) is 33.3 Å². The Bertz CT molecular complexity index is 1030. The number of nitrogens with one attached hydrogen (secondary N) is 1. The first-order valence-corrected chi connectivity index (χ1v) is 9.21. The van der Waals surface area contributed by atoms with Crippen molar-refractivity contribution in [3.63, 3.8) is 0 Å². The van der Waals surface area contributed by atoms with Crippen LogP contribution in [0.1, 0.15) is 10.4 Å². The summed E-state index contributed by atoms with van der Waals surface area (Å²) in [6, 6.07) is 18.3. The molecule has 1 N–H and O–H groups in total. The third-order valence-electron chi connectivity index (χ3n) is 4.66. The van der Waals surface area contributed by atoms with Gasteiger partial charge in [-0.2, -0.15) is 0 Å². The van der Waals surface area contributed by atoms with Gasteiger partial charge in [0, 0.05) is 16.8 Å². The van der Waals surface area contributed by atoms with Crippen LogP contribution < -0.4 is 24.3 Å². The van der Waals surface area contributed by atoms with Gasteiger partial charge in [-0.25, -0.2) is 0 Å². The number of fused-ring (bicyclic) bond motifs is 1. The topological polar surface area (TPSA) is 66.0 Å². The maximum absolute atomic E-state index is 12.7. The summed E-state index contributed by atoms with van der Waals surface area (Å²) < 4.78 is 21.8. The second-order valence-corrected chi connectivity index (χ2v) is 6.46. The van der Waals surface area contributed by atoms with Crippen molar-refractivity contribution in [3.05, 3.63) is 66.2 Å². The molecule has 0 spiro atoms. The van der Waals surface area contributed by atoms with Crippen LogP contribution in [0, 0.1) is 0 Å². The van der Waals surface area contributed by atoms with Gasteiger partial charge in [0.2, 0.25) is 0 Å². The van der Waals surface area contributed by atoms with Crippen molar-refractivity contribution in [1.82, 2.24) is 0 Å². The Morgan fingerprint density at radius 1 is 0.862 bits per heavy atom. The lowest BCUT2D eigenvalue weighted by Crippen LogP contribution is -2.17. The molecule has 0 saturated heterocycles. The number of hydrogen-bond acceptors (Lipinski definition) is 5. The Hall–Kier alpha value is -3.67. The third-order valence-corrected chi connectivity index (χ3v) is 4.66. The van der Waals surface area contributed by atoms with Crippen molar-refractivity contribution in [1.29, 1.82) is 0 Å². The van der Waals surface area contributed by atoms with Gasteiger partial charge in [0.15, 0.2) is 11.5 Å². The van der Waals surface area contributed by atoms with Crippen molar-refractivity contribution >= 4 is 11.6 Å². The molecule has 0 atom stereocenters. The Morgan fingerprint density at radius 2 is 1.62 bits per heavy atom. The number of ether oxygens (including phenoxy) is 4. The lowest BCUT2D eigenvalue weighted by atomic mass is 10.0. The van der Waals surface area contributed by atoms with Crippen molar-refractivity contribution in [2.24, 2.45) is 0 Å². The largest absolute Gasteiger partial charge is 0.497 e. The molecule has 1 aliphatic rings. The fraction of sp³-hybridized carbons (Fsp3) is 0.174. The van der Waals surface area contributed by atoms with Crippen molar-refractivity contribution in [2.75, 3.05) is 32.8 Å². The predicted molar refractivity (Wildman–Crippen MR) is 110 cm³/mol. The molecule has 3 aromatic carbocycles. The van der Waals surface area contributed by atoms with Crippen LogP contribution in [0.15, 0.2) is 60.7 Å². The molecular formula is C23H21NO5. The fourth-order valence-corrected chi connectivity index (χ4v) is 3.17. The lowest BCUT2D eigenvalue weighted by molar-refractivity contribution is 0.102. The second-order valence-electron chi connectivity index (χ2n) is 6.46. The first kappa shape index (κ1) is 18.7. The van der Waals surface area contributed by atoms with Crippen LogP contribution >= 0.6 is 0 Å². The Labute approximate surface area is 169 Å². The van der Waals surface area contributed by atoms with Gasteiger partial charge in [-0.1, -0.05) is 12.1 Å². The first-order valence-electron chi connectivity index (χ1n) is 9.21. The molecule has 0 bridgehead atoms. The summed E-state index contributed by atoms with van der Waals surface area (Å²) in [6.45, 7) is 0.986. The van der Waals surface area contributed by atoms with Gasteiger partial charge in [0.05, 0.1) is 14.2 Å². The van der Waals surface area contributed by atoms with Gasteiger partial charge in [-0.15, -0.1) is 0 Å². The zero-order valence-corrected chi connectivity index (χ0v) is 16.2. The summed E-state index contributed by atoms with van der Waals surface area (Å²) in [5.74, 6) is 2.49. The van der Waals surface area contributed by atoms with Gasteiger partial charge in [0.25, 0.3) is 5.91 Å². The minimum Gasteiger partial charge on any atom is -0.497 e. The summed E-state index contributed by atoms with van der Waals surface area (Å²) in [5.41, 5.74) is 2.99. The summed E-state index contributed by atoms with van der Waals surface area (Å²) in [6.07, 6.45) is 0. The van der Waals surface area contributed by atoms with E-state index in [9.17, 15) is 4.79 Å². The van der Waals surface area contributed by atoms with Crippen LogP contribution in [-0.2, 0) is 0 Å². The number of anilines is 1. The molecule has 0 aromatic heterocycles. The van der Waals surface area contributed by atoms with E-state index in [0.29, 0.717) is 41.7 Å². The first-order chi connectivity index (χ1) is 14.2. The molecule has 0 aliphatic carbocycles. The summed E-state index contributed by atoms with van der Waals surface area (Å²) in [5, 5.41) is 2.93. The minimum absolute atomic E-state index is 0.229. The number of carbonyl (C=O) groups is 1. The number of carbonyl (C=O) groups excluding carboxylic acids is 1. The third kappa shape index (κ3) is 3.96. The maximum atomic E-state index is 12.7. The van der Waals surface area contributed by atoms with Crippen LogP contribution in [0.4, 0.5) is 5.69 Å². The van der Waals surface area contributed by atoms with E-state index in [1.807, 2.05) is 42.5 Å². The highest BCUT2D eigenvalue weighted by Crippen LogP contribution is 2.34. The minimum atomic E-state index is -0.229. The van der Waals surface area contributed by atoms with Gasteiger partial charge in [0.1, 0.15) is 24.7 Å². The van der Waals surface area contributed by atoms with E-state index in [1.54, 1.807) is 32.4 Å². The van der Waals surface area contributed by atoms with Gasteiger partial charge in [-0.3, -0.25) is 4.79 Å². The lowest BCUT2D eigenvalue weighted by Gasteiger charge is -2.18. The number of hydrogen-bond donors (Lipinski definition) is 1. The average molecular weight is 391 g/mol. The number of methoxy groups -OCH3 is 2. The molecule has 1 amide bonds. The fourth-order valence-electron chi connectivity index (χ4n) is 3.17. The van der Waals surface area contributed by atoms with E-state index in [-0.39, 0.29) is 5.91 Å². The Morgan fingerprint density at radius 3 is 2.34 bits per heavy atom. The molecule has 0 unspecified atom stereocenters. The van der Waals surface area contributed by atoms with Crippen LogP contribution in [0.25, 0.3) is 11.1 Å². The van der Waals surface area contributed by atoms with Crippen LogP contribution in [0.3, 0.4) is 0 Å². The molecule has 0 radical (unpaired) electrons. The Balaban J connectivity index is 1.59. The smallest absolute Gasteiger partial charge is 0.255 e.